The first-order chi connectivity index (χ1) is 8.30. The molecule has 1 heterocycles. The summed E-state index contributed by atoms with van der Waals surface area (Å²) in [4.78, 5) is 23.6. The van der Waals surface area contributed by atoms with Crippen molar-refractivity contribution < 1.29 is 14.8 Å². The van der Waals surface area contributed by atoms with Gasteiger partial charge in [0, 0.05) is 11.1 Å². The van der Waals surface area contributed by atoms with Gasteiger partial charge in [-0.3, -0.25) is 14.9 Å². The van der Waals surface area contributed by atoms with E-state index in [4.69, 9.17) is 11.6 Å². The molecule has 0 radical (unpaired) electrons. The Kier molecular flexibility index (Phi) is 3.00. The molecule has 0 unspecified atom stereocenters. The van der Waals surface area contributed by atoms with Gasteiger partial charge in [0.2, 0.25) is 0 Å². The van der Waals surface area contributed by atoms with Crippen LogP contribution in [0.4, 0.5) is 5.69 Å². The van der Waals surface area contributed by atoms with Crippen LogP contribution in [0.25, 0.3) is 0 Å². The summed E-state index contributed by atoms with van der Waals surface area (Å²) in [5.74, 6) is -0.468. The molecule has 1 N–H and O–H groups in total. The molecule has 1 aromatic rings. The number of carbonyl (C=O) groups is 1. The van der Waals surface area contributed by atoms with Gasteiger partial charge in [0.1, 0.15) is 5.56 Å². The molecule has 1 aromatic carbocycles. The van der Waals surface area contributed by atoms with E-state index in [2.05, 4.69) is 0 Å². The number of aliphatic hydroxyl groups is 1. The largest absolute Gasteiger partial charge is 0.386 e. The number of carbonyl (C=O) groups excluding carboxylic acids is 1. The van der Waals surface area contributed by atoms with E-state index in [9.17, 15) is 20.0 Å². The van der Waals surface area contributed by atoms with Crippen LogP contribution in [0.15, 0.2) is 18.2 Å². The first kappa shape index (κ1) is 12.8. The van der Waals surface area contributed by atoms with Crippen LogP contribution >= 0.6 is 11.6 Å². The Bertz CT molecular complexity index is 522. The smallest absolute Gasteiger partial charge is 0.283 e. The average Bonchev–Trinajstić information content (AvgIpc) is 2.24. The second-order valence-electron chi connectivity index (χ2n) is 4.58. The fraction of sp³-hybridized carbons (Fsp3) is 0.364. The van der Waals surface area contributed by atoms with Gasteiger partial charge in [-0.1, -0.05) is 11.6 Å². The highest BCUT2D eigenvalue weighted by Crippen LogP contribution is 2.28. The van der Waals surface area contributed by atoms with Gasteiger partial charge < -0.3 is 10.0 Å². The lowest BCUT2D eigenvalue weighted by molar-refractivity contribution is -0.385. The molecule has 18 heavy (non-hydrogen) atoms. The van der Waals surface area contributed by atoms with Crippen molar-refractivity contribution in [1.29, 1.82) is 0 Å². The van der Waals surface area contributed by atoms with Crippen molar-refractivity contribution in [3.05, 3.63) is 38.9 Å². The highest BCUT2D eigenvalue weighted by atomic mass is 35.5. The van der Waals surface area contributed by atoms with Gasteiger partial charge in [-0.2, -0.15) is 0 Å². The van der Waals surface area contributed by atoms with Gasteiger partial charge in [0.25, 0.3) is 11.6 Å². The Morgan fingerprint density at radius 3 is 2.67 bits per heavy atom. The van der Waals surface area contributed by atoms with Gasteiger partial charge in [-0.25, -0.2) is 0 Å². The predicted molar refractivity (Wildman–Crippen MR) is 64.6 cm³/mol. The summed E-state index contributed by atoms with van der Waals surface area (Å²) in [6, 6.07) is 3.91. The van der Waals surface area contributed by atoms with Crippen LogP contribution in [0, 0.1) is 10.1 Å². The van der Waals surface area contributed by atoms with Gasteiger partial charge in [-0.05, 0) is 19.1 Å². The number of amides is 1. The number of halogens is 1. The van der Waals surface area contributed by atoms with Gasteiger partial charge in [-0.15, -0.1) is 0 Å². The van der Waals surface area contributed by atoms with Crippen LogP contribution in [-0.4, -0.2) is 39.5 Å². The third kappa shape index (κ3) is 2.30. The minimum Gasteiger partial charge on any atom is -0.386 e. The van der Waals surface area contributed by atoms with Crippen LogP contribution in [0.1, 0.15) is 17.3 Å². The molecule has 1 amide bonds. The van der Waals surface area contributed by atoms with E-state index in [-0.39, 0.29) is 29.4 Å². The quantitative estimate of drug-likeness (QED) is 0.651. The SMILES string of the molecule is CC1(O)CN(C(=O)c2ccc(Cl)cc2[N+](=O)[O-])C1. The van der Waals surface area contributed by atoms with Crippen molar-refractivity contribution in [2.75, 3.05) is 13.1 Å². The molecule has 0 saturated carbocycles. The number of hydrogen-bond donors (Lipinski definition) is 1. The number of nitro groups is 1. The summed E-state index contributed by atoms with van der Waals surface area (Å²) < 4.78 is 0. The van der Waals surface area contributed by atoms with Crippen LogP contribution in [0.5, 0.6) is 0 Å². The molecule has 7 heteroatoms. The number of rotatable bonds is 2. The average molecular weight is 271 g/mol. The Balaban J connectivity index is 2.29. The molecule has 0 aliphatic carbocycles. The van der Waals surface area contributed by atoms with Gasteiger partial charge in [0.05, 0.1) is 23.6 Å². The molecule has 0 atom stereocenters. The zero-order chi connectivity index (χ0) is 13.5. The molecule has 1 aliphatic heterocycles. The predicted octanol–water partition coefficient (Wildman–Crippen LogP) is 1.46. The number of nitrogens with zero attached hydrogens (tertiary/aromatic N) is 2. The second-order valence-corrected chi connectivity index (χ2v) is 5.01. The monoisotopic (exact) mass is 270 g/mol. The van der Waals surface area contributed by atoms with Crippen molar-refractivity contribution in [2.24, 2.45) is 0 Å². The standard InChI is InChI=1S/C11H11ClN2O4/c1-11(16)5-13(6-11)10(15)8-3-2-7(12)4-9(8)14(17)18/h2-4,16H,5-6H2,1H3. The fourth-order valence-electron chi connectivity index (χ4n) is 1.93. The summed E-state index contributed by atoms with van der Waals surface area (Å²) in [5, 5.41) is 20.6. The van der Waals surface area contributed by atoms with E-state index in [0.29, 0.717) is 0 Å². The number of β-amino-alcohol motifs (C(OH)–C–C–N with tert-alkyl or cyclic N) is 1. The summed E-state index contributed by atoms with van der Waals surface area (Å²) in [7, 11) is 0. The van der Waals surface area contributed by atoms with Crippen molar-refractivity contribution in [2.45, 2.75) is 12.5 Å². The second kappa shape index (κ2) is 4.22. The van der Waals surface area contributed by atoms with Crippen molar-refractivity contribution in [3.8, 4) is 0 Å². The molecular weight excluding hydrogens is 260 g/mol. The highest BCUT2D eigenvalue weighted by Gasteiger charge is 2.41. The maximum atomic E-state index is 12.0. The molecule has 2 rings (SSSR count). The zero-order valence-electron chi connectivity index (χ0n) is 9.59. The fourth-order valence-corrected chi connectivity index (χ4v) is 2.09. The summed E-state index contributed by atoms with van der Waals surface area (Å²) in [6.45, 7) is 1.95. The summed E-state index contributed by atoms with van der Waals surface area (Å²) in [6.07, 6.45) is 0. The van der Waals surface area contributed by atoms with E-state index < -0.39 is 16.4 Å². The van der Waals surface area contributed by atoms with Crippen molar-refractivity contribution >= 4 is 23.2 Å². The molecule has 1 aliphatic rings. The number of likely N-dealkylation sites (tertiary alicyclic amines) is 1. The van der Waals surface area contributed by atoms with Gasteiger partial charge >= 0.3 is 0 Å². The third-order valence-corrected chi connectivity index (χ3v) is 2.97. The number of hydrogen-bond acceptors (Lipinski definition) is 4. The van der Waals surface area contributed by atoms with Crippen LogP contribution in [0.2, 0.25) is 5.02 Å². The number of nitro benzene ring substituents is 1. The van der Waals surface area contributed by atoms with Crippen LogP contribution < -0.4 is 0 Å². The van der Waals surface area contributed by atoms with Gasteiger partial charge in [0.15, 0.2) is 0 Å². The minimum absolute atomic E-state index is 0.0140. The Labute approximate surface area is 108 Å². The summed E-state index contributed by atoms with van der Waals surface area (Å²) in [5.41, 5.74) is -1.24. The van der Waals surface area contributed by atoms with E-state index in [1.165, 1.54) is 17.0 Å². The van der Waals surface area contributed by atoms with E-state index >= 15 is 0 Å². The molecule has 0 spiro atoms. The molecule has 0 aromatic heterocycles. The summed E-state index contributed by atoms with van der Waals surface area (Å²) >= 11 is 5.67. The normalized spacial score (nSPS) is 17.2. The molecule has 0 bridgehead atoms. The lowest BCUT2D eigenvalue weighted by Gasteiger charge is -2.44. The molecule has 96 valence electrons. The van der Waals surface area contributed by atoms with E-state index in [1.54, 1.807) is 6.92 Å². The van der Waals surface area contributed by atoms with E-state index in [0.717, 1.165) is 6.07 Å². The molecular formula is C11H11ClN2O4. The maximum absolute atomic E-state index is 12.0. The topological polar surface area (TPSA) is 83.7 Å². The first-order valence-electron chi connectivity index (χ1n) is 5.26. The Morgan fingerprint density at radius 2 is 2.17 bits per heavy atom. The lowest BCUT2D eigenvalue weighted by Crippen LogP contribution is -2.61. The lowest BCUT2D eigenvalue weighted by atomic mass is 9.95. The van der Waals surface area contributed by atoms with Crippen molar-refractivity contribution in [3.63, 3.8) is 0 Å². The maximum Gasteiger partial charge on any atom is 0.283 e. The Hall–Kier alpha value is -1.66. The van der Waals surface area contributed by atoms with Crippen molar-refractivity contribution in [1.82, 2.24) is 4.90 Å². The van der Waals surface area contributed by atoms with Crippen LogP contribution in [0.3, 0.4) is 0 Å². The molecule has 6 nitrogen and oxygen atoms in total. The highest BCUT2D eigenvalue weighted by molar-refractivity contribution is 6.31. The zero-order valence-corrected chi connectivity index (χ0v) is 10.3. The molecule has 1 saturated heterocycles. The minimum atomic E-state index is -0.906. The number of benzene rings is 1. The Morgan fingerprint density at radius 1 is 1.56 bits per heavy atom. The van der Waals surface area contributed by atoms with Crippen LogP contribution in [-0.2, 0) is 0 Å². The third-order valence-electron chi connectivity index (χ3n) is 2.74. The first-order valence-corrected chi connectivity index (χ1v) is 5.63. The molecule has 1 fully saturated rings. The van der Waals surface area contributed by atoms with E-state index in [1.807, 2.05) is 0 Å².